The summed E-state index contributed by atoms with van der Waals surface area (Å²) in [7, 11) is 0. The maximum atomic E-state index is 13.2. The number of rotatable bonds is 3. The van der Waals surface area contributed by atoms with Gasteiger partial charge in [-0.05, 0) is 44.3 Å². The van der Waals surface area contributed by atoms with E-state index in [1.165, 1.54) is 11.3 Å². The lowest BCUT2D eigenvalue weighted by Gasteiger charge is -2.34. The minimum absolute atomic E-state index is 0.0860. The van der Waals surface area contributed by atoms with Gasteiger partial charge >= 0.3 is 5.97 Å². The Bertz CT molecular complexity index is 973. The summed E-state index contributed by atoms with van der Waals surface area (Å²) in [5, 5.41) is 33.4. The van der Waals surface area contributed by atoms with E-state index in [1.54, 1.807) is 20.8 Å². The minimum Gasteiger partial charge on any atom is -0.458 e. The van der Waals surface area contributed by atoms with Crippen LogP contribution in [-0.2, 0) is 25.7 Å². The van der Waals surface area contributed by atoms with Crippen molar-refractivity contribution in [3.63, 3.8) is 0 Å². The number of aliphatic hydroxyl groups is 3. The minimum atomic E-state index is -1.26. The average Bonchev–Trinajstić information content (AvgIpc) is 3.23. The van der Waals surface area contributed by atoms with Crippen LogP contribution in [0.25, 0.3) is 6.08 Å². The third-order valence-electron chi connectivity index (χ3n) is 8.00. The first-order valence-electron chi connectivity index (χ1n) is 12.8. The molecule has 0 aromatic carbocycles. The van der Waals surface area contributed by atoms with Gasteiger partial charge in [0.15, 0.2) is 0 Å². The van der Waals surface area contributed by atoms with Crippen LogP contribution in [0.1, 0.15) is 84.3 Å². The number of cyclic esters (lactones) is 1. The van der Waals surface area contributed by atoms with Crippen LogP contribution >= 0.6 is 11.3 Å². The van der Waals surface area contributed by atoms with E-state index in [9.17, 15) is 24.9 Å². The fourth-order valence-corrected chi connectivity index (χ4v) is 5.69. The largest absolute Gasteiger partial charge is 0.458 e. The predicted molar refractivity (Wildman–Crippen MR) is 137 cm³/mol. The lowest BCUT2D eigenvalue weighted by atomic mass is 9.73. The van der Waals surface area contributed by atoms with Gasteiger partial charge in [-0.1, -0.05) is 34.1 Å². The average molecular weight is 524 g/mol. The molecule has 0 amide bonds. The first kappa shape index (κ1) is 28.9. The zero-order chi connectivity index (χ0) is 26.8. The summed E-state index contributed by atoms with van der Waals surface area (Å²) in [4.78, 5) is 30.5. The number of aromatic nitrogens is 1. The Morgan fingerprint density at radius 2 is 1.94 bits per heavy atom. The Morgan fingerprint density at radius 3 is 2.58 bits per heavy atom. The molecule has 36 heavy (non-hydrogen) atoms. The van der Waals surface area contributed by atoms with E-state index < -0.39 is 35.6 Å². The van der Waals surface area contributed by atoms with Crippen molar-refractivity contribution < 1.29 is 34.4 Å². The molecule has 1 aromatic heterocycles. The van der Waals surface area contributed by atoms with Crippen LogP contribution in [-0.4, -0.2) is 62.1 Å². The quantitative estimate of drug-likeness (QED) is 0.404. The van der Waals surface area contributed by atoms with Gasteiger partial charge in [-0.15, -0.1) is 11.3 Å². The highest BCUT2D eigenvalue weighted by molar-refractivity contribution is 7.09. The van der Waals surface area contributed by atoms with Crippen molar-refractivity contribution in [1.82, 2.24) is 4.98 Å². The smallest absolute Gasteiger partial charge is 0.309 e. The Morgan fingerprint density at radius 1 is 1.25 bits per heavy atom. The van der Waals surface area contributed by atoms with Crippen LogP contribution < -0.4 is 0 Å². The summed E-state index contributed by atoms with van der Waals surface area (Å²) in [6.07, 6.45) is 1.60. The second-order valence-corrected chi connectivity index (χ2v) is 12.2. The Kier molecular flexibility index (Phi) is 9.15. The molecule has 2 fully saturated rings. The number of ketones is 1. The van der Waals surface area contributed by atoms with E-state index in [4.69, 9.17) is 9.47 Å². The molecule has 8 nitrogen and oxygen atoms in total. The molecule has 0 spiro atoms. The summed E-state index contributed by atoms with van der Waals surface area (Å²) in [5.74, 6) is -1.64. The van der Waals surface area contributed by atoms with E-state index in [1.807, 2.05) is 32.2 Å². The van der Waals surface area contributed by atoms with E-state index >= 15 is 0 Å². The number of fused-ring (bicyclic) bond motifs is 1. The number of thiazole rings is 1. The van der Waals surface area contributed by atoms with Gasteiger partial charge in [-0.2, -0.15) is 0 Å². The molecule has 1 unspecified atom stereocenters. The molecule has 3 heterocycles. The van der Waals surface area contributed by atoms with Crippen molar-refractivity contribution in [2.75, 3.05) is 0 Å². The molecule has 2 saturated heterocycles. The molecule has 0 saturated carbocycles. The van der Waals surface area contributed by atoms with Gasteiger partial charge in [-0.25, -0.2) is 4.98 Å². The highest BCUT2D eigenvalue weighted by atomic mass is 32.1. The van der Waals surface area contributed by atoms with Crippen molar-refractivity contribution in [3.05, 3.63) is 21.7 Å². The summed E-state index contributed by atoms with van der Waals surface area (Å²) in [5.41, 5.74) is -0.0964. The van der Waals surface area contributed by atoms with E-state index in [2.05, 4.69) is 4.98 Å². The van der Waals surface area contributed by atoms with Gasteiger partial charge in [0.25, 0.3) is 0 Å². The summed E-state index contributed by atoms with van der Waals surface area (Å²) >= 11 is 1.35. The van der Waals surface area contributed by atoms with Crippen LogP contribution in [0.2, 0.25) is 0 Å². The Hall–Kier alpha value is -1.65. The van der Waals surface area contributed by atoms with Crippen LogP contribution in [0.4, 0.5) is 0 Å². The van der Waals surface area contributed by atoms with Crippen molar-refractivity contribution in [2.45, 2.75) is 110 Å². The number of carbonyl (C=O) groups is 2. The third-order valence-corrected chi connectivity index (χ3v) is 8.85. The number of Topliss-reactive ketones (excluding diaryl/α,β-unsaturated/α-hetero) is 1. The predicted octanol–water partition coefficient (Wildman–Crippen LogP) is 3.66. The molecule has 1 aromatic rings. The molecule has 2 aliphatic rings. The highest BCUT2D eigenvalue weighted by Crippen LogP contribution is 2.45. The Labute approximate surface area is 217 Å². The molecule has 0 radical (unpaired) electrons. The van der Waals surface area contributed by atoms with Gasteiger partial charge in [0.2, 0.25) is 0 Å². The lowest BCUT2D eigenvalue weighted by molar-refractivity contribution is -0.154. The molecule has 3 N–H and O–H groups in total. The number of nitrogens with zero attached hydrogens (tertiary/aromatic N) is 1. The molecule has 7 atom stereocenters. The fourth-order valence-electron chi connectivity index (χ4n) is 5.08. The molecule has 0 aliphatic carbocycles. The summed E-state index contributed by atoms with van der Waals surface area (Å²) in [6.45, 7) is 10.6. The second kappa shape index (κ2) is 11.4. The van der Waals surface area contributed by atoms with Gasteiger partial charge in [0.1, 0.15) is 16.9 Å². The molecule has 202 valence electrons. The molecular formula is C27H41NO7S. The number of epoxide rings is 1. The van der Waals surface area contributed by atoms with Crippen LogP contribution in [0.3, 0.4) is 0 Å². The number of aliphatic hydroxyl groups excluding tert-OH is 3. The van der Waals surface area contributed by atoms with Gasteiger partial charge in [0, 0.05) is 17.7 Å². The normalized spacial score (nSPS) is 36.8. The van der Waals surface area contributed by atoms with Crippen molar-refractivity contribution >= 4 is 29.2 Å². The Balaban J connectivity index is 1.85. The first-order valence-corrected chi connectivity index (χ1v) is 13.7. The molecule has 9 heteroatoms. The van der Waals surface area contributed by atoms with Crippen LogP contribution in [0.5, 0.6) is 0 Å². The fraction of sp³-hybridized carbons (Fsp3) is 0.741. The summed E-state index contributed by atoms with van der Waals surface area (Å²) < 4.78 is 11.9. The van der Waals surface area contributed by atoms with Crippen molar-refractivity contribution in [3.8, 4) is 0 Å². The van der Waals surface area contributed by atoms with Crippen molar-refractivity contribution in [1.29, 1.82) is 0 Å². The zero-order valence-electron chi connectivity index (χ0n) is 22.2. The van der Waals surface area contributed by atoms with Crippen molar-refractivity contribution in [2.24, 2.45) is 17.3 Å². The number of hydrogen-bond donors (Lipinski definition) is 3. The summed E-state index contributed by atoms with van der Waals surface area (Å²) in [6, 6.07) is 0. The maximum Gasteiger partial charge on any atom is 0.309 e. The first-order chi connectivity index (χ1) is 16.8. The monoisotopic (exact) mass is 523 g/mol. The SMILES string of the molecule is C/C(=C\c1csc(CO)n1)[C@@H]1C[C@@H]2O[C@]2(C)CCC[C@H](C)[C@H](O)[C@@H](C)C(=O)C(C)(C)C(O)CC(=O)O1. The zero-order valence-corrected chi connectivity index (χ0v) is 23.0. The number of carbonyl (C=O) groups excluding carboxylic acids is 2. The standard InChI is InChI=1S/C27H41NO7S/c1-15-8-7-9-27(6)21(35-27)11-19(16(2)10-18-14-36-22(13-29)28-18)34-23(31)12-20(30)26(4,5)25(33)17(3)24(15)32/h10,14-15,17,19-21,24,29-30,32H,7-9,11-13H2,1-6H3/b16-10+/t15-,17+,19-,20?,21-,24-,27+/m0/s1. The van der Waals surface area contributed by atoms with E-state index in [-0.39, 0.29) is 36.4 Å². The molecular weight excluding hydrogens is 482 g/mol. The second-order valence-electron chi connectivity index (χ2n) is 11.3. The number of ether oxygens (including phenoxy) is 2. The molecule has 0 bridgehead atoms. The molecule has 2 aliphatic heterocycles. The molecule has 3 rings (SSSR count). The number of hydrogen-bond acceptors (Lipinski definition) is 9. The van der Waals surface area contributed by atoms with Crippen LogP contribution in [0.15, 0.2) is 11.0 Å². The maximum absolute atomic E-state index is 13.2. The van der Waals surface area contributed by atoms with E-state index in [0.29, 0.717) is 17.1 Å². The topological polar surface area (TPSA) is 129 Å². The lowest BCUT2D eigenvalue weighted by Crippen LogP contribution is -2.45. The highest BCUT2D eigenvalue weighted by Gasteiger charge is 2.53. The van der Waals surface area contributed by atoms with Gasteiger partial charge < -0.3 is 24.8 Å². The van der Waals surface area contributed by atoms with Gasteiger partial charge in [0.05, 0.1) is 48.0 Å². The van der Waals surface area contributed by atoms with E-state index in [0.717, 1.165) is 24.8 Å². The van der Waals surface area contributed by atoms with Gasteiger partial charge in [-0.3, -0.25) is 9.59 Å². The third kappa shape index (κ3) is 6.61. The van der Waals surface area contributed by atoms with Crippen LogP contribution in [0, 0.1) is 17.3 Å². The number of esters is 1.